The zero-order chi connectivity index (χ0) is 20.5. The minimum atomic E-state index is -0.247. The Morgan fingerprint density at radius 1 is 1.10 bits per heavy atom. The normalized spacial score (nSPS) is 12.2. The minimum absolute atomic E-state index is 0.216. The Morgan fingerprint density at radius 2 is 1.97 bits per heavy atom. The van der Waals surface area contributed by atoms with Crippen LogP contribution in [0.3, 0.4) is 0 Å². The van der Waals surface area contributed by atoms with Gasteiger partial charge in [-0.1, -0.05) is 35.9 Å². The van der Waals surface area contributed by atoms with E-state index in [0.717, 1.165) is 16.1 Å². The van der Waals surface area contributed by atoms with Crippen LogP contribution in [0.15, 0.2) is 66.0 Å². The molecule has 5 rings (SSSR count). The van der Waals surface area contributed by atoms with Crippen LogP contribution in [0.25, 0.3) is 16.3 Å². The van der Waals surface area contributed by atoms with Crippen molar-refractivity contribution in [2.75, 3.05) is 6.79 Å². The van der Waals surface area contributed by atoms with Gasteiger partial charge in [-0.2, -0.15) is 5.10 Å². The number of para-hydroxylation sites is 1. The second kappa shape index (κ2) is 7.85. The van der Waals surface area contributed by atoms with Crippen LogP contribution >= 0.6 is 22.9 Å². The van der Waals surface area contributed by atoms with E-state index in [1.165, 1.54) is 0 Å². The van der Waals surface area contributed by atoms with Gasteiger partial charge in [0.2, 0.25) is 6.79 Å². The van der Waals surface area contributed by atoms with E-state index >= 15 is 0 Å². The third kappa shape index (κ3) is 3.53. The first-order valence-corrected chi connectivity index (χ1v) is 10.5. The third-order valence-corrected chi connectivity index (χ3v) is 5.90. The molecule has 150 valence electrons. The van der Waals surface area contributed by atoms with Crippen LogP contribution in [0.1, 0.15) is 16.1 Å². The van der Waals surface area contributed by atoms with E-state index in [1.807, 2.05) is 53.9 Å². The largest absolute Gasteiger partial charge is 0.454 e. The van der Waals surface area contributed by atoms with Gasteiger partial charge in [-0.25, -0.2) is 4.68 Å². The number of benzene rings is 2. The van der Waals surface area contributed by atoms with Crippen molar-refractivity contribution < 1.29 is 14.3 Å². The summed E-state index contributed by atoms with van der Waals surface area (Å²) in [5, 5.41) is 10.1. The van der Waals surface area contributed by atoms with Crippen LogP contribution in [0.4, 0.5) is 0 Å². The van der Waals surface area contributed by atoms with Gasteiger partial charge >= 0.3 is 0 Å². The number of carbonyl (C=O) groups excluding carboxylic acids is 1. The van der Waals surface area contributed by atoms with Crippen LogP contribution < -0.4 is 14.8 Å². The van der Waals surface area contributed by atoms with E-state index in [2.05, 4.69) is 10.4 Å². The molecule has 1 N–H and O–H groups in total. The topological polar surface area (TPSA) is 65.4 Å². The molecule has 0 saturated carbocycles. The summed E-state index contributed by atoms with van der Waals surface area (Å²) in [5.41, 5.74) is 2.69. The van der Waals surface area contributed by atoms with Crippen LogP contribution in [0, 0.1) is 0 Å². The predicted octanol–water partition coefficient (Wildman–Crippen LogP) is 4.91. The Morgan fingerprint density at radius 3 is 2.80 bits per heavy atom. The number of hydrogen-bond acceptors (Lipinski definition) is 5. The fourth-order valence-electron chi connectivity index (χ4n) is 3.22. The Bertz CT molecular complexity index is 1220. The van der Waals surface area contributed by atoms with Crippen molar-refractivity contribution in [1.29, 1.82) is 0 Å². The molecule has 2 aromatic carbocycles. The summed E-state index contributed by atoms with van der Waals surface area (Å²) in [6.07, 6.45) is 0. The van der Waals surface area contributed by atoms with E-state index < -0.39 is 0 Å². The number of fused-ring (bicyclic) bond motifs is 1. The molecule has 0 bridgehead atoms. The van der Waals surface area contributed by atoms with Gasteiger partial charge in [-0.05, 0) is 47.3 Å². The smallest absolute Gasteiger partial charge is 0.270 e. The van der Waals surface area contributed by atoms with Crippen molar-refractivity contribution in [3.63, 3.8) is 0 Å². The monoisotopic (exact) mass is 437 g/mol. The second-order valence-corrected chi connectivity index (χ2v) is 7.98. The number of carbonyl (C=O) groups is 1. The van der Waals surface area contributed by atoms with Crippen LogP contribution in [0.2, 0.25) is 5.02 Å². The van der Waals surface area contributed by atoms with E-state index in [1.54, 1.807) is 28.2 Å². The first-order valence-electron chi connectivity index (χ1n) is 9.24. The minimum Gasteiger partial charge on any atom is -0.454 e. The van der Waals surface area contributed by atoms with Gasteiger partial charge in [-0.3, -0.25) is 4.79 Å². The standard InChI is InChI=1S/C22H16ClN3O3S/c23-15-4-1-2-5-17(15)26-18(11-16(25-26)21-6-3-9-30-21)22(27)24-12-14-7-8-19-20(10-14)29-13-28-19/h1-11H,12-13H2,(H,24,27). The summed E-state index contributed by atoms with van der Waals surface area (Å²) in [7, 11) is 0. The Hall–Kier alpha value is -3.29. The van der Waals surface area contributed by atoms with E-state index in [0.29, 0.717) is 34.4 Å². The highest BCUT2D eigenvalue weighted by Crippen LogP contribution is 2.32. The molecule has 0 saturated heterocycles. The lowest BCUT2D eigenvalue weighted by molar-refractivity contribution is 0.0943. The molecule has 1 amide bonds. The fraction of sp³-hybridized carbons (Fsp3) is 0.0909. The van der Waals surface area contributed by atoms with Crippen LogP contribution in [-0.2, 0) is 6.54 Å². The molecule has 30 heavy (non-hydrogen) atoms. The molecular formula is C22H16ClN3O3S. The average Bonchev–Trinajstić information content (AvgIpc) is 3.52. The summed E-state index contributed by atoms with van der Waals surface area (Å²) in [6.45, 7) is 0.561. The summed E-state index contributed by atoms with van der Waals surface area (Å²) < 4.78 is 12.3. The van der Waals surface area contributed by atoms with Gasteiger partial charge in [0.1, 0.15) is 11.4 Å². The molecular weight excluding hydrogens is 422 g/mol. The Labute approximate surface area is 181 Å². The van der Waals surface area contributed by atoms with Gasteiger partial charge in [0.05, 0.1) is 15.6 Å². The molecule has 0 unspecified atom stereocenters. The van der Waals surface area contributed by atoms with Gasteiger partial charge < -0.3 is 14.8 Å². The van der Waals surface area contributed by atoms with E-state index in [4.69, 9.17) is 21.1 Å². The number of amides is 1. The number of ether oxygens (including phenoxy) is 2. The number of aromatic nitrogens is 2. The van der Waals surface area contributed by atoms with Gasteiger partial charge in [-0.15, -0.1) is 11.3 Å². The van der Waals surface area contributed by atoms with Gasteiger partial charge in [0.25, 0.3) is 5.91 Å². The summed E-state index contributed by atoms with van der Waals surface area (Å²) in [5.74, 6) is 1.15. The van der Waals surface area contributed by atoms with Gasteiger partial charge in [0, 0.05) is 6.54 Å². The van der Waals surface area contributed by atoms with Crippen molar-refractivity contribution in [1.82, 2.24) is 15.1 Å². The summed E-state index contributed by atoms with van der Waals surface area (Å²) in [6, 6.07) is 18.6. The molecule has 6 nitrogen and oxygen atoms in total. The lowest BCUT2D eigenvalue weighted by atomic mass is 10.2. The van der Waals surface area contributed by atoms with E-state index in [9.17, 15) is 4.79 Å². The third-order valence-electron chi connectivity index (χ3n) is 4.69. The Kier molecular flexibility index (Phi) is 4.90. The van der Waals surface area contributed by atoms with Crippen molar-refractivity contribution in [3.8, 4) is 27.8 Å². The number of thiophene rings is 1. The molecule has 0 radical (unpaired) electrons. The molecule has 0 aliphatic carbocycles. The summed E-state index contributed by atoms with van der Waals surface area (Å²) in [4.78, 5) is 14.0. The second-order valence-electron chi connectivity index (χ2n) is 6.63. The lowest BCUT2D eigenvalue weighted by Gasteiger charge is -2.10. The zero-order valence-corrected chi connectivity index (χ0v) is 17.2. The highest BCUT2D eigenvalue weighted by Gasteiger charge is 2.20. The molecule has 1 aliphatic rings. The van der Waals surface area contributed by atoms with Crippen molar-refractivity contribution >= 4 is 28.8 Å². The molecule has 2 aromatic heterocycles. The predicted molar refractivity (Wildman–Crippen MR) is 116 cm³/mol. The van der Waals surface area contributed by atoms with Gasteiger partial charge in [0.15, 0.2) is 11.5 Å². The maximum Gasteiger partial charge on any atom is 0.270 e. The fourth-order valence-corrected chi connectivity index (χ4v) is 4.12. The van der Waals surface area contributed by atoms with Crippen LogP contribution in [-0.4, -0.2) is 22.5 Å². The first-order chi connectivity index (χ1) is 14.7. The molecule has 3 heterocycles. The van der Waals surface area contributed by atoms with Crippen molar-refractivity contribution in [2.24, 2.45) is 0 Å². The maximum atomic E-state index is 13.1. The highest BCUT2D eigenvalue weighted by atomic mass is 35.5. The average molecular weight is 438 g/mol. The molecule has 0 atom stereocenters. The SMILES string of the molecule is O=C(NCc1ccc2c(c1)OCO2)c1cc(-c2cccs2)nn1-c1ccccc1Cl. The number of nitrogens with one attached hydrogen (secondary N) is 1. The number of nitrogens with zero attached hydrogens (tertiary/aromatic N) is 2. The molecule has 0 spiro atoms. The first kappa shape index (κ1) is 18.7. The summed E-state index contributed by atoms with van der Waals surface area (Å²) >= 11 is 7.95. The molecule has 1 aliphatic heterocycles. The maximum absolute atomic E-state index is 13.1. The number of hydrogen-bond donors (Lipinski definition) is 1. The highest BCUT2D eigenvalue weighted by molar-refractivity contribution is 7.13. The number of halogens is 1. The Balaban J connectivity index is 1.45. The van der Waals surface area contributed by atoms with E-state index in [-0.39, 0.29) is 12.7 Å². The molecule has 0 fully saturated rings. The molecule has 4 aromatic rings. The molecule has 8 heteroatoms. The zero-order valence-electron chi connectivity index (χ0n) is 15.7. The van der Waals surface area contributed by atoms with Crippen LogP contribution in [0.5, 0.6) is 11.5 Å². The van der Waals surface area contributed by atoms with Crippen molar-refractivity contribution in [3.05, 3.63) is 82.3 Å². The van der Waals surface area contributed by atoms with Crippen molar-refractivity contribution in [2.45, 2.75) is 6.54 Å². The lowest BCUT2D eigenvalue weighted by Crippen LogP contribution is -2.25. The quantitative estimate of drug-likeness (QED) is 0.481. The number of rotatable bonds is 5.